The molecule has 1 fully saturated rings. The number of aryl methyl sites for hydroxylation is 1. The van der Waals surface area contributed by atoms with Gasteiger partial charge in [0, 0.05) is 39.3 Å². The van der Waals surface area contributed by atoms with Gasteiger partial charge in [0.25, 0.3) is 11.8 Å². The minimum atomic E-state index is -0.248. The zero-order valence-electron chi connectivity index (χ0n) is 15.1. The molecule has 2 atom stereocenters. The number of hydrogen-bond acceptors (Lipinski definition) is 6. The summed E-state index contributed by atoms with van der Waals surface area (Å²) >= 11 is 0. The number of nitrogens with zero attached hydrogens (tertiary/aromatic N) is 4. The fraction of sp³-hybridized carbons (Fsp3) is 0.500. The number of amides is 1. The molecule has 2 aromatic rings. The Labute approximate surface area is 147 Å². The molecule has 0 bridgehead atoms. The van der Waals surface area contributed by atoms with E-state index in [0.29, 0.717) is 24.8 Å². The Bertz CT molecular complexity index is 743. The van der Waals surface area contributed by atoms with Crippen molar-refractivity contribution in [3.05, 3.63) is 47.1 Å². The molecule has 1 aromatic heterocycles. The van der Waals surface area contributed by atoms with Crippen molar-refractivity contribution in [3.63, 3.8) is 0 Å². The van der Waals surface area contributed by atoms with E-state index in [4.69, 9.17) is 9.26 Å². The lowest BCUT2D eigenvalue weighted by Crippen LogP contribution is -2.42. The fourth-order valence-corrected chi connectivity index (χ4v) is 3.10. The van der Waals surface area contributed by atoms with E-state index >= 15 is 0 Å². The molecule has 0 unspecified atom stereocenters. The Kier molecular flexibility index (Phi) is 5.15. The summed E-state index contributed by atoms with van der Waals surface area (Å²) in [5, 5.41) is 3.85. The lowest BCUT2D eigenvalue weighted by Gasteiger charge is -2.35. The maximum atomic E-state index is 12.4. The molecule has 25 heavy (non-hydrogen) atoms. The zero-order chi connectivity index (χ0) is 18.0. The van der Waals surface area contributed by atoms with Crippen molar-refractivity contribution in [2.45, 2.75) is 32.6 Å². The van der Waals surface area contributed by atoms with E-state index in [1.807, 2.05) is 31.2 Å². The second kappa shape index (κ2) is 7.33. The summed E-state index contributed by atoms with van der Waals surface area (Å²) in [7, 11) is 3.54. The van der Waals surface area contributed by atoms with Crippen molar-refractivity contribution in [2.75, 3.05) is 27.2 Å². The molecule has 134 valence electrons. The third kappa shape index (κ3) is 4.05. The maximum Gasteiger partial charge on any atom is 0.257 e. The van der Waals surface area contributed by atoms with Crippen LogP contribution in [0.1, 0.15) is 40.7 Å². The predicted octanol–water partition coefficient (Wildman–Crippen LogP) is 2.04. The predicted molar refractivity (Wildman–Crippen MR) is 92.1 cm³/mol. The molecule has 0 radical (unpaired) electrons. The molecule has 2 heterocycles. The van der Waals surface area contributed by atoms with Gasteiger partial charge in [0.1, 0.15) is 6.10 Å². The Morgan fingerprint density at radius 3 is 2.76 bits per heavy atom. The number of benzene rings is 1. The molecule has 1 amide bonds. The normalized spacial score (nSPS) is 21.3. The summed E-state index contributed by atoms with van der Waals surface area (Å²) in [5.74, 6) is 1.12. The zero-order valence-corrected chi connectivity index (χ0v) is 15.1. The molecule has 7 heteroatoms. The van der Waals surface area contributed by atoms with Crippen molar-refractivity contribution in [3.8, 4) is 0 Å². The first-order valence-corrected chi connectivity index (χ1v) is 8.41. The van der Waals surface area contributed by atoms with E-state index in [1.165, 1.54) is 0 Å². The molecular formula is C18H24N4O3. The smallest absolute Gasteiger partial charge is 0.257 e. The highest BCUT2D eigenvalue weighted by Crippen LogP contribution is 2.26. The number of hydrogen-bond donors (Lipinski definition) is 0. The van der Waals surface area contributed by atoms with E-state index in [1.54, 1.807) is 25.9 Å². The van der Waals surface area contributed by atoms with Crippen molar-refractivity contribution in [1.29, 1.82) is 0 Å². The largest absolute Gasteiger partial charge is 0.363 e. The van der Waals surface area contributed by atoms with Crippen LogP contribution in [0.15, 0.2) is 28.8 Å². The van der Waals surface area contributed by atoms with Gasteiger partial charge in [0.05, 0.1) is 6.10 Å². The van der Waals surface area contributed by atoms with E-state index in [-0.39, 0.29) is 18.1 Å². The molecule has 1 aromatic carbocycles. The van der Waals surface area contributed by atoms with Crippen LogP contribution in [0.4, 0.5) is 0 Å². The first kappa shape index (κ1) is 17.6. The van der Waals surface area contributed by atoms with Gasteiger partial charge in [-0.1, -0.05) is 23.4 Å². The van der Waals surface area contributed by atoms with Gasteiger partial charge in [0.15, 0.2) is 5.82 Å². The van der Waals surface area contributed by atoms with Crippen LogP contribution in [0.25, 0.3) is 0 Å². The van der Waals surface area contributed by atoms with Crippen molar-refractivity contribution in [1.82, 2.24) is 19.9 Å². The summed E-state index contributed by atoms with van der Waals surface area (Å²) in [5.41, 5.74) is 1.74. The second-order valence-corrected chi connectivity index (χ2v) is 6.67. The van der Waals surface area contributed by atoms with Crippen LogP contribution in [-0.2, 0) is 11.3 Å². The molecule has 0 spiro atoms. The van der Waals surface area contributed by atoms with Gasteiger partial charge in [0.2, 0.25) is 0 Å². The standard InChI is InChI=1S/C18H24N4O3/c1-12-9-22(11-16(24-12)17-19-13(2)20-25-17)10-14-7-5-6-8-15(14)18(23)21(3)4/h5-8,12,16H,9-11H2,1-4H3/t12-,16-/m1/s1. The number of rotatable bonds is 4. The van der Waals surface area contributed by atoms with Crippen molar-refractivity contribution < 1.29 is 14.1 Å². The highest BCUT2D eigenvalue weighted by atomic mass is 16.5. The average Bonchev–Trinajstić information content (AvgIpc) is 3.01. The summed E-state index contributed by atoms with van der Waals surface area (Å²) in [6.07, 6.45) is -0.204. The Hall–Kier alpha value is -2.25. The van der Waals surface area contributed by atoms with Crippen LogP contribution in [-0.4, -0.2) is 59.1 Å². The molecule has 3 rings (SSSR count). The topological polar surface area (TPSA) is 71.7 Å². The number of carbonyl (C=O) groups is 1. The van der Waals surface area contributed by atoms with Gasteiger partial charge < -0.3 is 14.2 Å². The van der Waals surface area contributed by atoms with Gasteiger partial charge in [-0.2, -0.15) is 4.98 Å². The molecule has 7 nitrogen and oxygen atoms in total. The van der Waals surface area contributed by atoms with Crippen LogP contribution in [0.3, 0.4) is 0 Å². The van der Waals surface area contributed by atoms with Gasteiger partial charge in [-0.15, -0.1) is 0 Å². The van der Waals surface area contributed by atoms with Crippen LogP contribution in [0, 0.1) is 6.92 Å². The molecule has 1 saturated heterocycles. The number of ether oxygens (including phenoxy) is 1. The SMILES string of the molecule is Cc1noc([C@H]2CN(Cc3ccccc3C(=O)N(C)C)C[C@@H](C)O2)n1. The van der Waals surface area contributed by atoms with E-state index < -0.39 is 0 Å². The molecular weight excluding hydrogens is 320 g/mol. The molecule has 0 N–H and O–H groups in total. The Balaban J connectivity index is 1.77. The van der Waals surface area contributed by atoms with Gasteiger partial charge >= 0.3 is 0 Å². The molecule has 0 aliphatic carbocycles. The lowest BCUT2D eigenvalue weighted by atomic mass is 10.0. The van der Waals surface area contributed by atoms with E-state index in [9.17, 15) is 4.79 Å². The van der Waals surface area contributed by atoms with E-state index in [0.717, 1.165) is 17.7 Å². The minimum absolute atomic E-state index is 0.0148. The maximum absolute atomic E-state index is 12.4. The third-order valence-corrected chi connectivity index (χ3v) is 4.20. The molecule has 0 saturated carbocycles. The average molecular weight is 344 g/mol. The summed E-state index contributed by atoms with van der Waals surface area (Å²) in [6, 6.07) is 7.74. The number of morpholine rings is 1. The Morgan fingerprint density at radius 1 is 1.32 bits per heavy atom. The number of aromatic nitrogens is 2. The Morgan fingerprint density at radius 2 is 2.08 bits per heavy atom. The molecule has 1 aliphatic rings. The highest BCUT2D eigenvalue weighted by molar-refractivity contribution is 5.95. The lowest BCUT2D eigenvalue weighted by molar-refractivity contribution is -0.0930. The molecule has 1 aliphatic heterocycles. The quantitative estimate of drug-likeness (QED) is 0.845. The van der Waals surface area contributed by atoms with Crippen LogP contribution in [0.2, 0.25) is 0 Å². The van der Waals surface area contributed by atoms with Crippen LogP contribution < -0.4 is 0 Å². The highest BCUT2D eigenvalue weighted by Gasteiger charge is 2.30. The number of carbonyl (C=O) groups excluding carboxylic acids is 1. The monoisotopic (exact) mass is 344 g/mol. The summed E-state index contributed by atoms with van der Waals surface area (Å²) in [4.78, 5) is 20.6. The van der Waals surface area contributed by atoms with Crippen molar-refractivity contribution in [2.24, 2.45) is 0 Å². The summed E-state index contributed by atoms with van der Waals surface area (Å²) < 4.78 is 11.2. The van der Waals surface area contributed by atoms with Crippen LogP contribution >= 0.6 is 0 Å². The van der Waals surface area contributed by atoms with Crippen LogP contribution in [0.5, 0.6) is 0 Å². The third-order valence-electron chi connectivity index (χ3n) is 4.20. The van der Waals surface area contributed by atoms with Gasteiger partial charge in [-0.05, 0) is 25.5 Å². The van der Waals surface area contributed by atoms with Gasteiger partial charge in [-0.3, -0.25) is 9.69 Å². The first-order valence-electron chi connectivity index (χ1n) is 8.41. The van der Waals surface area contributed by atoms with E-state index in [2.05, 4.69) is 15.0 Å². The minimum Gasteiger partial charge on any atom is -0.363 e. The van der Waals surface area contributed by atoms with Gasteiger partial charge in [-0.25, -0.2) is 0 Å². The second-order valence-electron chi connectivity index (χ2n) is 6.67. The summed E-state index contributed by atoms with van der Waals surface area (Å²) in [6.45, 7) is 5.93. The first-order chi connectivity index (χ1) is 11.9. The fourth-order valence-electron chi connectivity index (χ4n) is 3.10. The van der Waals surface area contributed by atoms with Crippen molar-refractivity contribution >= 4 is 5.91 Å².